The maximum absolute atomic E-state index is 5.25. The van der Waals surface area contributed by atoms with Gasteiger partial charge in [0.05, 0.1) is 0 Å². The van der Waals surface area contributed by atoms with E-state index in [2.05, 4.69) is 38.8 Å². The molecule has 0 saturated heterocycles. The minimum atomic E-state index is 0.738. The number of terminal acetylenes is 1. The third-order valence-corrected chi connectivity index (χ3v) is 2.29. The van der Waals surface area contributed by atoms with Crippen LogP contribution in [0.3, 0.4) is 0 Å². The van der Waals surface area contributed by atoms with Crippen molar-refractivity contribution in [1.82, 2.24) is 0 Å². The largest absolute Gasteiger partial charge is 0.120 e. The zero-order valence-electron chi connectivity index (χ0n) is 7.94. The zero-order valence-corrected chi connectivity index (χ0v) is 7.94. The van der Waals surface area contributed by atoms with Crippen LogP contribution in [0.25, 0.3) is 0 Å². The predicted octanol–water partition coefficient (Wildman–Crippen LogP) is 2.79. The van der Waals surface area contributed by atoms with Crippen molar-refractivity contribution in [2.45, 2.75) is 27.2 Å². The molecule has 62 valence electrons. The Balaban J connectivity index is 3.14. The summed E-state index contributed by atoms with van der Waals surface area (Å²) in [7, 11) is 0. The summed E-state index contributed by atoms with van der Waals surface area (Å²) in [5, 5.41) is 0. The summed E-state index contributed by atoms with van der Waals surface area (Å²) in [6, 6.07) is 4.34. The Bertz CT molecular complexity index is 303. The number of rotatable bonds is 1. The van der Waals surface area contributed by atoms with Crippen molar-refractivity contribution in [3.63, 3.8) is 0 Å². The van der Waals surface area contributed by atoms with Gasteiger partial charge >= 0.3 is 0 Å². The monoisotopic (exact) mass is 158 g/mol. The highest BCUT2D eigenvalue weighted by Gasteiger charge is 1.98. The lowest BCUT2D eigenvalue weighted by atomic mass is 9.99. The molecule has 0 radical (unpaired) electrons. The molecule has 0 atom stereocenters. The third-order valence-electron chi connectivity index (χ3n) is 2.29. The molecule has 0 aliphatic carbocycles. The maximum Gasteiger partial charge on any atom is 0.0337 e. The Morgan fingerprint density at radius 2 is 1.67 bits per heavy atom. The topological polar surface area (TPSA) is 0 Å². The molecule has 0 fully saturated rings. The molecule has 0 amide bonds. The van der Waals surface area contributed by atoms with E-state index in [1.54, 1.807) is 0 Å². The molecule has 0 spiro atoms. The highest BCUT2D eigenvalue weighted by Crippen LogP contribution is 2.15. The van der Waals surface area contributed by atoms with Crippen molar-refractivity contribution in [2.24, 2.45) is 0 Å². The van der Waals surface area contributed by atoms with E-state index in [9.17, 15) is 0 Å². The Morgan fingerprint density at radius 3 is 2.08 bits per heavy atom. The van der Waals surface area contributed by atoms with Gasteiger partial charge in [0.25, 0.3) is 0 Å². The summed E-state index contributed by atoms with van der Waals surface area (Å²) in [6.45, 7) is 6.40. The molecule has 0 aromatic heterocycles. The second kappa shape index (κ2) is 3.45. The molecule has 0 N–H and O–H groups in total. The third kappa shape index (κ3) is 1.68. The second-order valence-electron chi connectivity index (χ2n) is 3.24. The first kappa shape index (κ1) is 8.87. The van der Waals surface area contributed by atoms with E-state index in [4.69, 9.17) is 6.42 Å². The van der Waals surface area contributed by atoms with Gasteiger partial charge in [-0.25, -0.2) is 0 Å². The van der Waals surface area contributed by atoms with Gasteiger partial charge in [-0.3, -0.25) is 0 Å². The van der Waals surface area contributed by atoms with E-state index in [0.717, 1.165) is 6.42 Å². The van der Waals surface area contributed by atoms with E-state index >= 15 is 0 Å². The first-order chi connectivity index (χ1) is 5.65. The van der Waals surface area contributed by atoms with Crippen LogP contribution in [-0.4, -0.2) is 0 Å². The predicted molar refractivity (Wildman–Crippen MR) is 53.2 cm³/mol. The molecule has 0 aliphatic heterocycles. The van der Waals surface area contributed by atoms with E-state index in [1.165, 1.54) is 22.3 Å². The highest BCUT2D eigenvalue weighted by atomic mass is 14.0. The quantitative estimate of drug-likeness (QED) is 0.551. The van der Waals surface area contributed by atoms with Crippen molar-refractivity contribution in [3.05, 3.63) is 34.4 Å². The van der Waals surface area contributed by atoms with Crippen LogP contribution in [-0.2, 0) is 6.42 Å². The molecule has 0 unspecified atom stereocenters. The van der Waals surface area contributed by atoms with E-state index in [0.29, 0.717) is 0 Å². The molecule has 0 heterocycles. The van der Waals surface area contributed by atoms with Gasteiger partial charge in [-0.05, 0) is 43.0 Å². The standard InChI is InChI=1S/C12H14/c1-5-6-12-7-9(2)11(4)10(3)8-12/h1,7-8H,6H2,2-4H3. The van der Waals surface area contributed by atoms with Crippen molar-refractivity contribution >= 4 is 0 Å². The molecule has 0 nitrogen and oxygen atoms in total. The zero-order chi connectivity index (χ0) is 9.14. The van der Waals surface area contributed by atoms with Gasteiger partial charge in [0.1, 0.15) is 0 Å². The Labute approximate surface area is 74.6 Å². The SMILES string of the molecule is C#CCc1cc(C)c(C)c(C)c1. The first-order valence-electron chi connectivity index (χ1n) is 4.15. The number of benzene rings is 1. The molecule has 0 bridgehead atoms. The summed E-state index contributed by atoms with van der Waals surface area (Å²) < 4.78 is 0. The highest BCUT2D eigenvalue weighted by molar-refractivity contribution is 5.37. The molecular formula is C12H14. The molecule has 1 aromatic rings. The van der Waals surface area contributed by atoms with Crippen molar-refractivity contribution in [2.75, 3.05) is 0 Å². The fraction of sp³-hybridized carbons (Fsp3) is 0.333. The lowest BCUT2D eigenvalue weighted by molar-refractivity contribution is 1.20. The fourth-order valence-electron chi connectivity index (χ4n) is 1.35. The minimum Gasteiger partial charge on any atom is -0.120 e. The van der Waals surface area contributed by atoms with Crippen LogP contribution in [0.15, 0.2) is 12.1 Å². The molecule has 0 saturated carbocycles. The van der Waals surface area contributed by atoms with Crippen LogP contribution in [0.4, 0.5) is 0 Å². The minimum absolute atomic E-state index is 0.738. The summed E-state index contributed by atoms with van der Waals surface area (Å²) >= 11 is 0. The smallest absolute Gasteiger partial charge is 0.0337 e. The first-order valence-corrected chi connectivity index (χ1v) is 4.15. The normalized spacial score (nSPS) is 9.50. The van der Waals surface area contributed by atoms with Crippen LogP contribution in [0.1, 0.15) is 22.3 Å². The van der Waals surface area contributed by atoms with Gasteiger partial charge in [-0.2, -0.15) is 0 Å². The van der Waals surface area contributed by atoms with Crippen LogP contribution in [0.2, 0.25) is 0 Å². The summed E-state index contributed by atoms with van der Waals surface area (Å²) in [4.78, 5) is 0. The lowest BCUT2D eigenvalue weighted by Crippen LogP contribution is -1.90. The van der Waals surface area contributed by atoms with Gasteiger partial charge in [-0.1, -0.05) is 12.1 Å². The van der Waals surface area contributed by atoms with Crippen molar-refractivity contribution < 1.29 is 0 Å². The van der Waals surface area contributed by atoms with Crippen LogP contribution >= 0.6 is 0 Å². The molecular weight excluding hydrogens is 144 g/mol. The Morgan fingerprint density at radius 1 is 1.17 bits per heavy atom. The number of hydrogen-bond donors (Lipinski definition) is 0. The molecule has 12 heavy (non-hydrogen) atoms. The Kier molecular flexibility index (Phi) is 2.55. The van der Waals surface area contributed by atoms with Gasteiger partial charge < -0.3 is 0 Å². The van der Waals surface area contributed by atoms with Gasteiger partial charge in [0, 0.05) is 6.42 Å². The molecule has 1 aromatic carbocycles. The van der Waals surface area contributed by atoms with Crippen molar-refractivity contribution in [1.29, 1.82) is 0 Å². The van der Waals surface area contributed by atoms with Crippen LogP contribution < -0.4 is 0 Å². The summed E-state index contributed by atoms with van der Waals surface area (Å²) in [5.41, 5.74) is 5.29. The lowest BCUT2D eigenvalue weighted by Gasteiger charge is -2.06. The van der Waals surface area contributed by atoms with Gasteiger partial charge in [0.2, 0.25) is 0 Å². The van der Waals surface area contributed by atoms with Gasteiger partial charge in [0.15, 0.2) is 0 Å². The van der Waals surface area contributed by atoms with E-state index < -0.39 is 0 Å². The maximum atomic E-state index is 5.25. The average Bonchev–Trinajstić information content (AvgIpc) is 2.01. The molecule has 1 rings (SSSR count). The summed E-state index contributed by atoms with van der Waals surface area (Å²) in [6.07, 6.45) is 5.99. The van der Waals surface area contributed by atoms with Crippen LogP contribution in [0, 0.1) is 33.1 Å². The van der Waals surface area contributed by atoms with E-state index in [-0.39, 0.29) is 0 Å². The molecule has 0 aliphatic rings. The van der Waals surface area contributed by atoms with Crippen LogP contribution in [0.5, 0.6) is 0 Å². The van der Waals surface area contributed by atoms with Gasteiger partial charge in [-0.15, -0.1) is 12.3 Å². The Hall–Kier alpha value is -1.22. The number of aryl methyl sites for hydroxylation is 2. The van der Waals surface area contributed by atoms with Crippen molar-refractivity contribution in [3.8, 4) is 12.3 Å². The fourth-order valence-corrected chi connectivity index (χ4v) is 1.35. The second-order valence-corrected chi connectivity index (χ2v) is 3.24. The number of hydrogen-bond acceptors (Lipinski definition) is 0. The average molecular weight is 158 g/mol. The summed E-state index contributed by atoms with van der Waals surface area (Å²) in [5.74, 6) is 2.66. The van der Waals surface area contributed by atoms with E-state index in [1.807, 2.05) is 0 Å². The molecule has 0 heteroatoms.